The number of hydrogen-bond donors (Lipinski definition) is 0. The summed E-state index contributed by atoms with van der Waals surface area (Å²) in [5, 5.41) is 1.82. The van der Waals surface area contributed by atoms with Crippen LogP contribution in [0, 0.1) is 11.8 Å². The Bertz CT molecular complexity index is 451. The van der Waals surface area contributed by atoms with Crippen molar-refractivity contribution in [3.63, 3.8) is 0 Å². The second-order valence-corrected chi connectivity index (χ2v) is 4.81. The standard InChI is InChI=1S/C11H10O3S2/c1-8(12)15-6-3-4-9-5-7-16-10(9)11(13)14-2/h5,7H,6H2,1-2H3. The van der Waals surface area contributed by atoms with Gasteiger partial charge in [0.25, 0.3) is 0 Å². The van der Waals surface area contributed by atoms with Gasteiger partial charge in [-0.25, -0.2) is 4.79 Å². The number of carbonyl (C=O) groups is 2. The number of rotatable bonds is 2. The monoisotopic (exact) mass is 254 g/mol. The third kappa shape index (κ3) is 3.72. The molecule has 0 aliphatic carbocycles. The maximum atomic E-state index is 11.3. The Morgan fingerprint density at radius 3 is 2.94 bits per heavy atom. The molecule has 0 saturated heterocycles. The summed E-state index contributed by atoms with van der Waals surface area (Å²) in [5.41, 5.74) is 0.654. The first kappa shape index (κ1) is 12.8. The molecule has 0 spiro atoms. The normalized spacial score (nSPS) is 9.12. The second kappa shape index (κ2) is 6.36. The van der Waals surface area contributed by atoms with Crippen molar-refractivity contribution in [3.8, 4) is 11.8 Å². The van der Waals surface area contributed by atoms with Crippen LogP contribution in [0.25, 0.3) is 0 Å². The highest BCUT2D eigenvalue weighted by Gasteiger charge is 2.11. The van der Waals surface area contributed by atoms with E-state index in [1.165, 1.54) is 25.4 Å². The largest absolute Gasteiger partial charge is 0.465 e. The predicted molar refractivity (Wildman–Crippen MR) is 65.7 cm³/mol. The van der Waals surface area contributed by atoms with Crippen molar-refractivity contribution < 1.29 is 14.3 Å². The third-order valence-corrected chi connectivity index (χ3v) is 3.20. The minimum atomic E-state index is -0.376. The van der Waals surface area contributed by atoms with Gasteiger partial charge < -0.3 is 4.74 Å². The summed E-state index contributed by atoms with van der Waals surface area (Å²) in [4.78, 5) is 22.4. The molecule has 84 valence electrons. The van der Waals surface area contributed by atoms with E-state index in [9.17, 15) is 9.59 Å². The first-order valence-corrected chi connectivity index (χ1v) is 6.29. The molecule has 0 N–H and O–H groups in total. The van der Waals surface area contributed by atoms with Crippen molar-refractivity contribution >= 4 is 34.2 Å². The molecule has 0 bridgehead atoms. The van der Waals surface area contributed by atoms with Crippen molar-refractivity contribution in [2.75, 3.05) is 12.9 Å². The van der Waals surface area contributed by atoms with Crippen LogP contribution in [-0.4, -0.2) is 23.9 Å². The summed E-state index contributed by atoms with van der Waals surface area (Å²) in [7, 11) is 1.34. The number of methoxy groups -OCH3 is 1. The molecule has 0 aliphatic heterocycles. The van der Waals surface area contributed by atoms with Gasteiger partial charge in [0, 0.05) is 12.5 Å². The summed E-state index contributed by atoms with van der Waals surface area (Å²) in [5.74, 6) is 5.74. The zero-order chi connectivity index (χ0) is 12.0. The highest BCUT2D eigenvalue weighted by Crippen LogP contribution is 2.16. The lowest BCUT2D eigenvalue weighted by Gasteiger charge is -1.94. The van der Waals surface area contributed by atoms with Gasteiger partial charge in [-0.15, -0.1) is 11.3 Å². The van der Waals surface area contributed by atoms with Crippen LogP contribution in [0.15, 0.2) is 11.4 Å². The minimum Gasteiger partial charge on any atom is -0.465 e. The number of thioether (sulfide) groups is 1. The lowest BCUT2D eigenvalue weighted by Crippen LogP contribution is -1.99. The second-order valence-electron chi connectivity index (χ2n) is 2.74. The van der Waals surface area contributed by atoms with Crippen LogP contribution in [-0.2, 0) is 9.53 Å². The van der Waals surface area contributed by atoms with Gasteiger partial charge in [-0.2, -0.15) is 0 Å². The van der Waals surface area contributed by atoms with Crippen LogP contribution in [0.2, 0.25) is 0 Å². The van der Waals surface area contributed by atoms with E-state index in [1.54, 1.807) is 11.4 Å². The summed E-state index contributed by atoms with van der Waals surface area (Å²) < 4.78 is 4.62. The highest BCUT2D eigenvalue weighted by molar-refractivity contribution is 8.13. The van der Waals surface area contributed by atoms with Crippen LogP contribution < -0.4 is 0 Å². The van der Waals surface area contributed by atoms with E-state index >= 15 is 0 Å². The molecule has 0 unspecified atom stereocenters. The topological polar surface area (TPSA) is 43.4 Å². The molecule has 0 amide bonds. The fraction of sp³-hybridized carbons (Fsp3) is 0.273. The van der Waals surface area contributed by atoms with Gasteiger partial charge >= 0.3 is 5.97 Å². The lowest BCUT2D eigenvalue weighted by atomic mass is 10.2. The van der Waals surface area contributed by atoms with Gasteiger partial charge in [0.05, 0.1) is 12.9 Å². The SMILES string of the molecule is COC(=O)c1sccc1C#CCSC(C)=O. The zero-order valence-corrected chi connectivity index (χ0v) is 10.5. The molecule has 0 aliphatic rings. The molecule has 1 aromatic rings. The van der Waals surface area contributed by atoms with Gasteiger partial charge in [0.1, 0.15) is 4.88 Å². The zero-order valence-electron chi connectivity index (χ0n) is 8.90. The number of hydrogen-bond acceptors (Lipinski definition) is 5. The maximum Gasteiger partial charge on any atom is 0.349 e. The van der Waals surface area contributed by atoms with E-state index in [0.717, 1.165) is 11.8 Å². The molecule has 1 aromatic heterocycles. The molecule has 0 fully saturated rings. The van der Waals surface area contributed by atoms with Crippen molar-refractivity contribution in [1.82, 2.24) is 0 Å². The lowest BCUT2D eigenvalue weighted by molar-refractivity contribution is -0.109. The van der Waals surface area contributed by atoms with Gasteiger partial charge in [-0.3, -0.25) is 4.79 Å². The van der Waals surface area contributed by atoms with E-state index in [2.05, 4.69) is 16.6 Å². The van der Waals surface area contributed by atoms with Gasteiger partial charge in [-0.1, -0.05) is 23.6 Å². The molecule has 0 saturated carbocycles. The maximum absolute atomic E-state index is 11.3. The Hall–Kier alpha value is -1.25. The fourth-order valence-corrected chi connectivity index (χ4v) is 2.04. The quantitative estimate of drug-likeness (QED) is 0.599. The first-order chi connectivity index (χ1) is 7.65. The van der Waals surface area contributed by atoms with E-state index in [4.69, 9.17) is 0 Å². The summed E-state index contributed by atoms with van der Waals surface area (Å²) >= 11 is 2.44. The van der Waals surface area contributed by atoms with Crippen LogP contribution in [0.4, 0.5) is 0 Å². The number of carbonyl (C=O) groups excluding carboxylic acids is 2. The average Bonchev–Trinajstić information content (AvgIpc) is 2.71. The van der Waals surface area contributed by atoms with Crippen molar-refractivity contribution in [1.29, 1.82) is 0 Å². The van der Waals surface area contributed by atoms with Gasteiger partial charge in [0.2, 0.25) is 0 Å². The van der Waals surface area contributed by atoms with E-state index in [-0.39, 0.29) is 11.1 Å². The number of thiophene rings is 1. The molecule has 1 heterocycles. The molecule has 0 atom stereocenters. The molecule has 16 heavy (non-hydrogen) atoms. The van der Waals surface area contributed by atoms with Crippen molar-refractivity contribution in [3.05, 3.63) is 21.9 Å². The molecule has 0 aromatic carbocycles. The third-order valence-electron chi connectivity index (χ3n) is 1.61. The Labute approximate surface area is 102 Å². The Kier molecular flexibility index (Phi) is 5.09. The molecular weight excluding hydrogens is 244 g/mol. The summed E-state index contributed by atoms with van der Waals surface area (Å²) in [6.07, 6.45) is 0. The summed E-state index contributed by atoms with van der Waals surface area (Å²) in [6.45, 7) is 1.50. The molecule has 0 radical (unpaired) electrons. The van der Waals surface area contributed by atoms with Gasteiger partial charge in [-0.05, 0) is 11.4 Å². The Morgan fingerprint density at radius 1 is 1.56 bits per heavy atom. The molecule has 5 heteroatoms. The Morgan fingerprint density at radius 2 is 2.31 bits per heavy atom. The summed E-state index contributed by atoms with van der Waals surface area (Å²) in [6, 6.07) is 1.77. The molecular formula is C11H10O3S2. The predicted octanol–water partition coefficient (Wildman–Crippen LogP) is 2.17. The van der Waals surface area contributed by atoms with Crippen LogP contribution >= 0.6 is 23.1 Å². The van der Waals surface area contributed by atoms with Crippen LogP contribution in [0.5, 0.6) is 0 Å². The van der Waals surface area contributed by atoms with E-state index < -0.39 is 0 Å². The van der Waals surface area contributed by atoms with Crippen molar-refractivity contribution in [2.24, 2.45) is 0 Å². The molecule has 1 rings (SSSR count). The van der Waals surface area contributed by atoms with Crippen molar-refractivity contribution in [2.45, 2.75) is 6.92 Å². The Balaban J connectivity index is 2.70. The number of esters is 1. The fourth-order valence-electron chi connectivity index (χ4n) is 0.927. The van der Waals surface area contributed by atoms with E-state index in [1.807, 2.05) is 0 Å². The van der Waals surface area contributed by atoms with Crippen LogP contribution in [0.3, 0.4) is 0 Å². The number of ether oxygens (including phenoxy) is 1. The molecule has 3 nitrogen and oxygen atoms in total. The highest BCUT2D eigenvalue weighted by atomic mass is 32.2. The first-order valence-electron chi connectivity index (χ1n) is 4.43. The van der Waals surface area contributed by atoms with Gasteiger partial charge in [0.15, 0.2) is 5.12 Å². The van der Waals surface area contributed by atoms with Crippen LogP contribution in [0.1, 0.15) is 22.2 Å². The average molecular weight is 254 g/mol. The minimum absolute atomic E-state index is 0.0350. The van der Waals surface area contributed by atoms with E-state index in [0.29, 0.717) is 16.2 Å². The smallest absolute Gasteiger partial charge is 0.349 e.